The van der Waals surface area contributed by atoms with Crippen molar-refractivity contribution in [3.05, 3.63) is 42.1 Å². The van der Waals surface area contributed by atoms with Gasteiger partial charge in [-0.2, -0.15) is 5.10 Å². The van der Waals surface area contributed by atoms with E-state index in [0.717, 1.165) is 30.4 Å². The lowest BCUT2D eigenvalue weighted by atomic mass is 10.0. The first-order chi connectivity index (χ1) is 17.5. The van der Waals surface area contributed by atoms with Crippen LogP contribution in [-0.4, -0.2) is 69.0 Å². The molecule has 2 heterocycles. The lowest BCUT2D eigenvalue weighted by Gasteiger charge is -2.31. The Balaban J connectivity index is 0.00000235. The lowest BCUT2D eigenvalue weighted by molar-refractivity contribution is -0.140. The number of rotatable bonds is 7. The highest BCUT2D eigenvalue weighted by Crippen LogP contribution is 2.22. The lowest BCUT2D eigenvalue weighted by Crippen LogP contribution is -2.55. The van der Waals surface area contributed by atoms with Crippen molar-refractivity contribution < 1.29 is 24.2 Å². The number of alkyl carbamates (subject to hydrolysis) is 1. The number of hydrogen-bond donors (Lipinski definition) is 3. The Hall–Kier alpha value is -3.40. The van der Waals surface area contributed by atoms with Crippen molar-refractivity contribution in [1.82, 2.24) is 25.3 Å². The van der Waals surface area contributed by atoms with Gasteiger partial charge < -0.3 is 25.4 Å². The van der Waals surface area contributed by atoms with Crippen LogP contribution in [0.15, 0.2) is 36.5 Å². The number of carbonyl (C=O) groups is 3. The number of amides is 3. The summed E-state index contributed by atoms with van der Waals surface area (Å²) in [6, 6.07) is 8.57. The fourth-order valence-corrected chi connectivity index (χ4v) is 4.19. The standard InChI is InChI=1S/C26H37N5O4.CH4O/c1-17(2)22(29-25(34)35-26(3,4)5)24(33)31-15-7-8-21(31)23(32)27-16-18-9-11-19(12-10-18)20-13-14-28-30(20)6;1-2/h9-14,17,21-22H,7-8,15-16H2,1-6H3,(H,27,32)(H,29,34);2H,1H3. The number of carbonyl (C=O) groups excluding carboxylic acids is 3. The van der Waals surface area contributed by atoms with Crippen molar-refractivity contribution in [3.63, 3.8) is 0 Å². The SMILES string of the molecule is CC(C)C(NC(=O)OC(C)(C)C)C(=O)N1CCCC1C(=O)NCc1ccc(-c2ccnn2C)cc1.CO. The van der Waals surface area contributed by atoms with Gasteiger partial charge in [0.2, 0.25) is 11.8 Å². The largest absolute Gasteiger partial charge is 0.444 e. The monoisotopic (exact) mass is 515 g/mol. The van der Waals surface area contributed by atoms with Gasteiger partial charge in [-0.1, -0.05) is 38.1 Å². The predicted molar refractivity (Wildman–Crippen MR) is 141 cm³/mol. The van der Waals surface area contributed by atoms with Crippen molar-refractivity contribution in [1.29, 1.82) is 0 Å². The number of nitrogens with zero attached hydrogens (tertiary/aromatic N) is 3. The van der Waals surface area contributed by atoms with Crippen LogP contribution in [0.2, 0.25) is 0 Å². The summed E-state index contributed by atoms with van der Waals surface area (Å²) in [6.45, 7) is 9.88. The highest BCUT2D eigenvalue weighted by atomic mass is 16.6. The summed E-state index contributed by atoms with van der Waals surface area (Å²) in [6.07, 6.45) is 2.44. The molecule has 3 amide bonds. The van der Waals surface area contributed by atoms with Gasteiger partial charge in [-0.3, -0.25) is 14.3 Å². The van der Waals surface area contributed by atoms with E-state index in [-0.39, 0.29) is 17.7 Å². The number of nitrogens with one attached hydrogen (secondary N) is 2. The van der Waals surface area contributed by atoms with E-state index in [1.54, 1.807) is 31.9 Å². The summed E-state index contributed by atoms with van der Waals surface area (Å²) in [5.41, 5.74) is 2.36. The average molecular weight is 516 g/mol. The molecule has 0 spiro atoms. The van der Waals surface area contributed by atoms with Gasteiger partial charge in [-0.25, -0.2) is 4.79 Å². The number of likely N-dealkylation sites (tertiary alicyclic amines) is 1. The second-order valence-electron chi connectivity index (χ2n) is 10.3. The first kappa shape index (κ1) is 29.8. The van der Waals surface area contributed by atoms with E-state index in [1.807, 2.05) is 55.9 Å². The zero-order valence-electron chi connectivity index (χ0n) is 22.9. The molecule has 2 atom stereocenters. The number of ether oxygens (including phenoxy) is 1. The third-order valence-corrected chi connectivity index (χ3v) is 5.98. The fraction of sp³-hybridized carbons (Fsp3) is 0.556. The molecule has 2 unspecified atom stereocenters. The van der Waals surface area contributed by atoms with Gasteiger partial charge in [0.25, 0.3) is 0 Å². The number of benzene rings is 1. The molecule has 10 heteroatoms. The van der Waals surface area contributed by atoms with Crippen molar-refractivity contribution in [3.8, 4) is 11.3 Å². The van der Waals surface area contributed by atoms with Gasteiger partial charge in [0.15, 0.2) is 0 Å². The second-order valence-corrected chi connectivity index (χ2v) is 10.3. The second kappa shape index (κ2) is 13.2. The summed E-state index contributed by atoms with van der Waals surface area (Å²) in [7, 11) is 2.89. The molecule has 2 aromatic rings. The normalized spacial score (nSPS) is 16.0. The molecule has 1 aliphatic heterocycles. The number of aliphatic hydroxyl groups excluding tert-OH is 1. The maximum absolute atomic E-state index is 13.3. The summed E-state index contributed by atoms with van der Waals surface area (Å²) in [4.78, 5) is 40.2. The average Bonchev–Trinajstić information content (AvgIpc) is 3.50. The summed E-state index contributed by atoms with van der Waals surface area (Å²) < 4.78 is 7.14. The molecule has 0 saturated carbocycles. The molecule has 1 saturated heterocycles. The summed E-state index contributed by atoms with van der Waals surface area (Å²) in [5, 5.41) is 16.9. The minimum atomic E-state index is -0.766. The van der Waals surface area contributed by atoms with E-state index < -0.39 is 23.8 Å². The molecule has 0 radical (unpaired) electrons. The Morgan fingerprint density at radius 1 is 1.14 bits per heavy atom. The topological polar surface area (TPSA) is 126 Å². The van der Waals surface area contributed by atoms with Gasteiger partial charge in [-0.05, 0) is 56.7 Å². The third-order valence-electron chi connectivity index (χ3n) is 5.98. The highest BCUT2D eigenvalue weighted by Gasteiger charge is 2.39. The Morgan fingerprint density at radius 3 is 2.32 bits per heavy atom. The van der Waals surface area contributed by atoms with Crippen LogP contribution in [-0.2, 0) is 27.9 Å². The van der Waals surface area contributed by atoms with E-state index in [0.29, 0.717) is 19.5 Å². The smallest absolute Gasteiger partial charge is 0.408 e. The minimum Gasteiger partial charge on any atom is -0.444 e. The van der Waals surface area contributed by atoms with Crippen LogP contribution in [0.3, 0.4) is 0 Å². The first-order valence-electron chi connectivity index (χ1n) is 12.6. The van der Waals surface area contributed by atoms with E-state index in [2.05, 4.69) is 15.7 Å². The molecule has 1 fully saturated rings. The Labute approximate surface area is 219 Å². The van der Waals surface area contributed by atoms with E-state index in [4.69, 9.17) is 9.84 Å². The first-order valence-corrected chi connectivity index (χ1v) is 12.6. The predicted octanol–water partition coefficient (Wildman–Crippen LogP) is 2.85. The molecule has 0 bridgehead atoms. The van der Waals surface area contributed by atoms with E-state index in [9.17, 15) is 14.4 Å². The quantitative estimate of drug-likeness (QED) is 0.521. The highest BCUT2D eigenvalue weighted by molar-refractivity contribution is 5.92. The van der Waals surface area contributed by atoms with Crippen LogP contribution < -0.4 is 10.6 Å². The molecule has 37 heavy (non-hydrogen) atoms. The maximum Gasteiger partial charge on any atom is 0.408 e. The van der Waals surface area contributed by atoms with Crippen molar-refractivity contribution in [2.45, 2.75) is 71.7 Å². The molecule has 0 aliphatic carbocycles. The Morgan fingerprint density at radius 2 is 1.78 bits per heavy atom. The maximum atomic E-state index is 13.3. The van der Waals surface area contributed by atoms with Crippen LogP contribution in [0.4, 0.5) is 4.79 Å². The van der Waals surface area contributed by atoms with Crippen molar-refractivity contribution in [2.24, 2.45) is 13.0 Å². The van der Waals surface area contributed by atoms with Gasteiger partial charge >= 0.3 is 6.09 Å². The molecule has 1 aromatic heterocycles. The molecule has 204 valence electrons. The molecular formula is C27H41N5O5. The molecule has 3 rings (SSSR count). The van der Waals surface area contributed by atoms with Crippen LogP contribution in [0.25, 0.3) is 11.3 Å². The van der Waals surface area contributed by atoms with Gasteiger partial charge in [0.05, 0.1) is 5.69 Å². The number of aromatic nitrogens is 2. The molecule has 3 N–H and O–H groups in total. The zero-order valence-corrected chi connectivity index (χ0v) is 22.9. The van der Waals surface area contributed by atoms with Crippen LogP contribution in [0, 0.1) is 5.92 Å². The molecule has 1 aromatic carbocycles. The molecular weight excluding hydrogens is 474 g/mol. The fourth-order valence-electron chi connectivity index (χ4n) is 4.19. The summed E-state index contributed by atoms with van der Waals surface area (Å²) in [5.74, 6) is -0.604. The zero-order chi connectivity index (χ0) is 27.8. The van der Waals surface area contributed by atoms with Crippen LogP contribution in [0.5, 0.6) is 0 Å². The van der Waals surface area contributed by atoms with Crippen molar-refractivity contribution >= 4 is 17.9 Å². The molecule has 10 nitrogen and oxygen atoms in total. The van der Waals surface area contributed by atoms with E-state index >= 15 is 0 Å². The Bertz CT molecular complexity index is 1040. The minimum absolute atomic E-state index is 0.155. The third kappa shape index (κ3) is 8.31. The summed E-state index contributed by atoms with van der Waals surface area (Å²) >= 11 is 0. The van der Waals surface area contributed by atoms with Crippen LogP contribution >= 0.6 is 0 Å². The Kier molecular flexibility index (Phi) is 10.7. The van der Waals surface area contributed by atoms with Crippen molar-refractivity contribution in [2.75, 3.05) is 13.7 Å². The number of hydrogen-bond acceptors (Lipinski definition) is 6. The van der Waals surface area contributed by atoms with E-state index in [1.165, 1.54) is 0 Å². The van der Waals surface area contributed by atoms with Gasteiger partial charge in [-0.15, -0.1) is 0 Å². The van der Waals surface area contributed by atoms with Gasteiger partial charge in [0, 0.05) is 33.4 Å². The molecule has 1 aliphatic rings. The number of aliphatic hydroxyl groups is 1. The number of aryl methyl sites for hydroxylation is 1. The van der Waals surface area contributed by atoms with Gasteiger partial charge in [0.1, 0.15) is 17.7 Å². The van der Waals surface area contributed by atoms with Crippen LogP contribution in [0.1, 0.15) is 53.0 Å².